The van der Waals surface area contributed by atoms with Crippen LogP contribution in [0.5, 0.6) is 0 Å². The highest BCUT2D eigenvalue weighted by atomic mass is 32.2. The Labute approximate surface area is 80.0 Å². The third kappa shape index (κ3) is 4.17. The van der Waals surface area contributed by atoms with Crippen LogP contribution < -0.4 is 5.32 Å². The molecule has 1 unspecified atom stereocenters. The van der Waals surface area contributed by atoms with E-state index in [0.29, 0.717) is 0 Å². The van der Waals surface area contributed by atoms with E-state index in [-0.39, 0.29) is 0 Å². The number of likely N-dealkylation sites (N-methyl/N-ethyl adjacent to an activating group) is 1. The van der Waals surface area contributed by atoms with Gasteiger partial charge < -0.3 is 5.32 Å². The number of hydrogen-bond donors (Lipinski definition) is 1. The highest BCUT2D eigenvalue weighted by Crippen LogP contribution is 2.27. The molecule has 1 heterocycles. The van der Waals surface area contributed by atoms with Gasteiger partial charge in [-0.15, -0.1) is 0 Å². The molecule has 12 heavy (non-hydrogen) atoms. The number of nitrogens with one attached hydrogen (secondary N) is 1. The molecule has 1 nitrogen and oxygen atoms in total. The van der Waals surface area contributed by atoms with Crippen LogP contribution in [0, 0.1) is 0 Å². The van der Waals surface area contributed by atoms with E-state index in [0.717, 1.165) is 11.8 Å². The van der Waals surface area contributed by atoms with Crippen LogP contribution in [0.3, 0.4) is 0 Å². The van der Waals surface area contributed by atoms with Gasteiger partial charge in [-0.3, -0.25) is 0 Å². The molecular weight excluding hydrogens is 166 g/mol. The van der Waals surface area contributed by atoms with Crippen LogP contribution in [0.15, 0.2) is 12.2 Å². The van der Waals surface area contributed by atoms with E-state index in [1.54, 1.807) is 0 Å². The SMILES string of the molecule is CNC/C=C\CC1CCCCS1. The van der Waals surface area contributed by atoms with Gasteiger partial charge in [0.05, 0.1) is 0 Å². The van der Waals surface area contributed by atoms with Gasteiger partial charge in [0, 0.05) is 11.8 Å². The second kappa shape index (κ2) is 6.55. The molecule has 0 radical (unpaired) electrons. The topological polar surface area (TPSA) is 12.0 Å². The van der Waals surface area contributed by atoms with Gasteiger partial charge in [0.25, 0.3) is 0 Å². The van der Waals surface area contributed by atoms with Crippen molar-refractivity contribution in [3.05, 3.63) is 12.2 Å². The summed E-state index contributed by atoms with van der Waals surface area (Å²) in [5.41, 5.74) is 0. The van der Waals surface area contributed by atoms with Crippen molar-refractivity contribution in [3.8, 4) is 0 Å². The fourth-order valence-corrected chi connectivity index (χ4v) is 2.73. The summed E-state index contributed by atoms with van der Waals surface area (Å²) in [6.45, 7) is 1.01. The smallest absolute Gasteiger partial charge is 0.0131 e. The summed E-state index contributed by atoms with van der Waals surface area (Å²) in [5.74, 6) is 1.38. The summed E-state index contributed by atoms with van der Waals surface area (Å²) in [5, 5.41) is 4.02. The minimum absolute atomic E-state index is 0.909. The number of thioether (sulfide) groups is 1. The van der Waals surface area contributed by atoms with Gasteiger partial charge in [0.2, 0.25) is 0 Å². The van der Waals surface area contributed by atoms with E-state index >= 15 is 0 Å². The second-order valence-corrected chi connectivity index (χ2v) is 4.66. The maximum Gasteiger partial charge on any atom is 0.0131 e. The summed E-state index contributed by atoms with van der Waals surface area (Å²) in [4.78, 5) is 0. The van der Waals surface area contributed by atoms with Gasteiger partial charge in [-0.25, -0.2) is 0 Å². The van der Waals surface area contributed by atoms with E-state index in [4.69, 9.17) is 0 Å². The molecule has 1 saturated heterocycles. The Morgan fingerprint density at radius 2 is 2.33 bits per heavy atom. The summed E-state index contributed by atoms with van der Waals surface area (Å²) in [6, 6.07) is 0. The average molecular weight is 185 g/mol. The molecule has 1 atom stereocenters. The standard InChI is InChI=1S/C10H19NS/c1-11-8-4-2-6-10-7-3-5-9-12-10/h2,4,10-11H,3,5-9H2,1H3/b4-2-. The van der Waals surface area contributed by atoms with Crippen molar-refractivity contribution >= 4 is 11.8 Å². The maximum atomic E-state index is 3.11. The number of rotatable bonds is 4. The van der Waals surface area contributed by atoms with Gasteiger partial charge in [-0.2, -0.15) is 11.8 Å². The first-order valence-corrected chi connectivity index (χ1v) is 5.89. The second-order valence-electron chi connectivity index (χ2n) is 3.25. The van der Waals surface area contributed by atoms with Crippen LogP contribution in [-0.2, 0) is 0 Å². The zero-order valence-electron chi connectivity index (χ0n) is 7.88. The average Bonchev–Trinajstić information content (AvgIpc) is 2.14. The molecule has 0 saturated carbocycles. The van der Waals surface area contributed by atoms with Crippen molar-refractivity contribution in [2.75, 3.05) is 19.3 Å². The van der Waals surface area contributed by atoms with Crippen molar-refractivity contribution in [1.82, 2.24) is 5.32 Å². The molecule has 0 aromatic rings. The highest BCUT2D eigenvalue weighted by molar-refractivity contribution is 7.99. The Morgan fingerprint density at radius 3 is 3.00 bits per heavy atom. The summed E-state index contributed by atoms with van der Waals surface area (Å²) in [7, 11) is 1.99. The number of allylic oxidation sites excluding steroid dienone is 1. The lowest BCUT2D eigenvalue weighted by atomic mass is 10.1. The fourth-order valence-electron chi connectivity index (χ4n) is 1.44. The first-order chi connectivity index (χ1) is 5.93. The van der Waals surface area contributed by atoms with Gasteiger partial charge in [0.15, 0.2) is 0 Å². The summed E-state index contributed by atoms with van der Waals surface area (Å²) < 4.78 is 0. The summed E-state index contributed by atoms with van der Waals surface area (Å²) >= 11 is 2.15. The molecule has 1 fully saturated rings. The zero-order valence-corrected chi connectivity index (χ0v) is 8.70. The predicted octanol–water partition coefficient (Wildman–Crippen LogP) is 2.44. The van der Waals surface area contributed by atoms with Crippen molar-refractivity contribution in [1.29, 1.82) is 0 Å². The Morgan fingerprint density at radius 1 is 1.42 bits per heavy atom. The molecule has 2 heteroatoms. The maximum absolute atomic E-state index is 3.11. The highest BCUT2D eigenvalue weighted by Gasteiger charge is 2.11. The monoisotopic (exact) mass is 185 g/mol. The van der Waals surface area contributed by atoms with Crippen LogP contribution >= 0.6 is 11.8 Å². The third-order valence-corrected chi connectivity index (χ3v) is 3.59. The Bertz CT molecular complexity index is 128. The molecule has 0 aromatic heterocycles. The fraction of sp³-hybridized carbons (Fsp3) is 0.800. The third-order valence-electron chi connectivity index (χ3n) is 2.16. The van der Waals surface area contributed by atoms with Crippen LogP contribution in [0.25, 0.3) is 0 Å². The summed E-state index contributed by atoms with van der Waals surface area (Å²) in [6.07, 6.45) is 10.1. The van der Waals surface area contributed by atoms with E-state index in [2.05, 4.69) is 29.2 Å². The molecule has 0 aromatic carbocycles. The zero-order chi connectivity index (χ0) is 8.65. The van der Waals surface area contributed by atoms with Crippen LogP contribution in [0.4, 0.5) is 0 Å². The molecule has 0 spiro atoms. The quantitative estimate of drug-likeness (QED) is 0.675. The lowest BCUT2D eigenvalue weighted by Crippen LogP contribution is -2.08. The lowest BCUT2D eigenvalue weighted by Gasteiger charge is -2.19. The number of hydrogen-bond acceptors (Lipinski definition) is 2. The molecule has 70 valence electrons. The minimum Gasteiger partial charge on any atom is -0.316 e. The van der Waals surface area contributed by atoms with Gasteiger partial charge >= 0.3 is 0 Å². The van der Waals surface area contributed by atoms with Crippen LogP contribution in [0.2, 0.25) is 0 Å². The van der Waals surface area contributed by atoms with E-state index < -0.39 is 0 Å². The molecule has 1 N–H and O–H groups in total. The van der Waals surface area contributed by atoms with Gasteiger partial charge in [0.1, 0.15) is 0 Å². The largest absolute Gasteiger partial charge is 0.316 e. The van der Waals surface area contributed by atoms with E-state index in [9.17, 15) is 0 Å². The van der Waals surface area contributed by atoms with Crippen molar-refractivity contribution in [3.63, 3.8) is 0 Å². The lowest BCUT2D eigenvalue weighted by molar-refractivity contribution is 0.667. The van der Waals surface area contributed by atoms with E-state index in [1.165, 1.54) is 31.4 Å². The molecular formula is C10H19NS. The van der Waals surface area contributed by atoms with Crippen molar-refractivity contribution in [2.24, 2.45) is 0 Å². The van der Waals surface area contributed by atoms with Crippen molar-refractivity contribution < 1.29 is 0 Å². The first kappa shape index (κ1) is 10.1. The minimum atomic E-state index is 0.909. The Hall–Kier alpha value is 0.0500. The van der Waals surface area contributed by atoms with Crippen molar-refractivity contribution in [2.45, 2.75) is 30.9 Å². The molecule has 0 amide bonds. The molecule has 0 aliphatic carbocycles. The molecule has 0 bridgehead atoms. The molecule has 1 rings (SSSR count). The predicted molar refractivity (Wildman–Crippen MR) is 57.8 cm³/mol. The van der Waals surface area contributed by atoms with Gasteiger partial charge in [-0.05, 0) is 32.1 Å². The van der Waals surface area contributed by atoms with E-state index in [1.807, 2.05) is 7.05 Å². The normalized spacial score (nSPS) is 24.9. The first-order valence-electron chi connectivity index (χ1n) is 4.84. The molecule has 1 aliphatic heterocycles. The molecule has 1 aliphatic rings. The van der Waals surface area contributed by atoms with Crippen LogP contribution in [-0.4, -0.2) is 24.6 Å². The Balaban J connectivity index is 2.04. The van der Waals surface area contributed by atoms with Crippen LogP contribution in [0.1, 0.15) is 25.7 Å². The van der Waals surface area contributed by atoms with Gasteiger partial charge in [-0.1, -0.05) is 18.6 Å². The Kier molecular flexibility index (Phi) is 5.53.